The van der Waals surface area contributed by atoms with Crippen LogP contribution in [0.1, 0.15) is 17.0 Å². The van der Waals surface area contributed by atoms with Crippen molar-refractivity contribution in [1.29, 1.82) is 0 Å². The molecule has 110 valence electrons. The summed E-state index contributed by atoms with van der Waals surface area (Å²) in [5.41, 5.74) is 4.91. The molecule has 1 aromatic carbocycles. The minimum absolute atomic E-state index is 0.116. The average Bonchev–Trinajstić information content (AvgIpc) is 2.70. The lowest BCUT2D eigenvalue weighted by Gasteiger charge is -2.03. The fourth-order valence-electron chi connectivity index (χ4n) is 1.79. The maximum atomic E-state index is 11.8. The number of nitrogens with one attached hydrogen (secondary N) is 1. The topological polar surface area (TPSA) is 59.3 Å². The second kappa shape index (κ2) is 6.74. The number of aryl methyl sites for hydroxylation is 2. The van der Waals surface area contributed by atoms with Crippen LogP contribution in [0, 0.1) is 13.8 Å². The molecule has 0 radical (unpaired) electrons. The van der Waals surface area contributed by atoms with Crippen molar-refractivity contribution < 1.29 is 4.79 Å². The van der Waals surface area contributed by atoms with Crippen molar-refractivity contribution in [3.8, 4) is 0 Å². The molecule has 1 N–H and O–H groups in total. The summed E-state index contributed by atoms with van der Waals surface area (Å²) in [5.74, 6) is -0.262. The van der Waals surface area contributed by atoms with Crippen LogP contribution in [0.5, 0.6) is 0 Å². The first kappa shape index (κ1) is 15.5. The normalized spacial score (nSPS) is 11.0. The van der Waals surface area contributed by atoms with Crippen molar-refractivity contribution in [1.82, 2.24) is 15.2 Å². The summed E-state index contributed by atoms with van der Waals surface area (Å²) in [6.07, 6.45) is 1.47. The number of rotatable bonds is 4. The van der Waals surface area contributed by atoms with Crippen LogP contribution in [0.2, 0.25) is 10.0 Å². The SMILES string of the molecule is Cc1cc(C)n(CC(=O)N/N=C/c2ccc(Cl)cc2Cl)n1. The van der Waals surface area contributed by atoms with E-state index in [9.17, 15) is 4.79 Å². The van der Waals surface area contributed by atoms with Crippen molar-refractivity contribution in [2.45, 2.75) is 20.4 Å². The number of carbonyl (C=O) groups excluding carboxylic acids is 1. The van der Waals surface area contributed by atoms with E-state index < -0.39 is 0 Å². The van der Waals surface area contributed by atoms with Gasteiger partial charge in [-0.05, 0) is 32.0 Å². The van der Waals surface area contributed by atoms with Crippen molar-refractivity contribution in [2.75, 3.05) is 0 Å². The average molecular weight is 325 g/mol. The fourth-order valence-corrected chi connectivity index (χ4v) is 2.24. The predicted molar refractivity (Wildman–Crippen MR) is 83.9 cm³/mol. The van der Waals surface area contributed by atoms with Crippen molar-refractivity contribution >= 4 is 35.3 Å². The van der Waals surface area contributed by atoms with Gasteiger partial charge in [0.1, 0.15) is 6.54 Å². The van der Waals surface area contributed by atoms with Crippen LogP contribution < -0.4 is 5.43 Å². The third-order valence-electron chi connectivity index (χ3n) is 2.75. The Morgan fingerprint density at radius 1 is 1.38 bits per heavy atom. The van der Waals surface area contributed by atoms with Crippen LogP contribution in [0.15, 0.2) is 29.4 Å². The molecule has 0 aliphatic carbocycles. The lowest BCUT2D eigenvalue weighted by molar-refractivity contribution is -0.121. The predicted octanol–water partition coefficient (Wildman–Crippen LogP) is 2.96. The molecule has 21 heavy (non-hydrogen) atoms. The standard InChI is InChI=1S/C14H14Cl2N4O/c1-9-5-10(2)20(19-9)8-14(21)18-17-7-11-3-4-12(15)6-13(11)16/h3-7H,8H2,1-2H3,(H,18,21)/b17-7+. The molecule has 0 aliphatic rings. The molecule has 1 aromatic heterocycles. The maximum Gasteiger partial charge on any atom is 0.261 e. The number of nitrogens with zero attached hydrogens (tertiary/aromatic N) is 3. The first-order valence-electron chi connectivity index (χ1n) is 6.23. The fraction of sp³-hybridized carbons (Fsp3) is 0.214. The highest BCUT2D eigenvalue weighted by Gasteiger charge is 2.06. The van der Waals surface area contributed by atoms with Crippen LogP contribution >= 0.6 is 23.2 Å². The summed E-state index contributed by atoms with van der Waals surface area (Å²) in [4.78, 5) is 11.8. The molecular formula is C14H14Cl2N4O. The molecule has 7 heteroatoms. The highest BCUT2D eigenvalue weighted by atomic mass is 35.5. The third kappa shape index (κ3) is 4.31. The van der Waals surface area contributed by atoms with Crippen molar-refractivity contribution in [3.05, 3.63) is 51.3 Å². The van der Waals surface area contributed by atoms with E-state index in [2.05, 4.69) is 15.6 Å². The van der Waals surface area contributed by atoms with E-state index in [1.165, 1.54) is 6.21 Å². The zero-order valence-electron chi connectivity index (χ0n) is 11.6. The highest BCUT2D eigenvalue weighted by Crippen LogP contribution is 2.19. The molecule has 5 nitrogen and oxygen atoms in total. The van der Waals surface area contributed by atoms with Crippen molar-refractivity contribution in [3.63, 3.8) is 0 Å². The number of amides is 1. The van der Waals surface area contributed by atoms with E-state index in [4.69, 9.17) is 23.2 Å². The summed E-state index contributed by atoms with van der Waals surface area (Å²) < 4.78 is 1.62. The number of carbonyl (C=O) groups is 1. The number of hydrogen-bond acceptors (Lipinski definition) is 3. The van der Waals surface area contributed by atoms with Crippen LogP contribution in [-0.4, -0.2) is 21.9 Å². The molecule has 0 saturated heterocycles. The van der Waals surface area contributed by atoms with E-state index in [0.717, 1.165) is 11.4 Å². The maximum absolute atomic E-state index is 11.8. The van der Waals surface area contributed by atoms with Crippen molar-refractivity contribution in [2.24, 2.45) is 5.10 Å². The molecule has 0 fully saturated rings. The van der Waals surface area contributed by atoms with Crippen LogP contribution in [0.4, 0.5) is 0 Å². The number of hydrazone groups is 1. The van der Waals surface area contributed by atoms with Gasteiger partial charge in [-0.3, -0.25) is 9.48 Å². The Bertz CT molecular complexity index is 694. The molecule has 0 bridgehead atoms. The molecule has 0 aliphatic heterocycles. The summed E-state index contributed by atoms with van der Waals surface area (Å²) in [7, 11) is 0. The van der Waals surface area contributed by atoms with E-state index in [1.807, 2.05) is 19.9 Å². The zero-order chi connectivity index (χ0) is 15.4. The molecule has 0 saturated carbocycles. The number of benzene rings is 1. The van der Waals surface area contributed by atoms with E-state index in [1.54, 1.807) is 22.9 Å². The number of hydrogen-bond donors (Lipinski definition) is 1. The van der Waals surface area contributed by atoms with Gasteiger partial charge in [-0.2, -0.15) is 10.2 Å². The molecule has 1 heterocycles. The van der Waals surface area contributed by atoms with Gasteiger partial charge in [-0.15, -0.1) is 0 Å². The third-order valence-corrected chi connectivity index (χ3v) is 3.31. The molecule has 0 atom stereocenters. The Morgan fingerprint density at radius 2 is 2.14 bits per heavy atom. The summed E-state index contributed by atoms with van der Waals surface area (Å²) in [6, 6.07) is 6.94. The Hall–Kier alpha value is -1.85. The second-order valence-corrected chi connectivity index (χ2v) is 5.39. The minimum atomic E-state index is -0.262. The van der Waals surface area contributed by atoms with Crippen LogP contribution in [-0.2, 0) is 11.3 Å². The Balaban J connectivity index is 1.94. The van der Waals surface area contributed by atoms with Crippen LogP contribution in [0.3, 0.4) is 0 Å². The second-order valence-electron chi connectivity index (χ2n) is 4.54. The summed E-state index contributed by atoms with van der Waals surface area (Å²) >= 11 is 11.8. The Kier molecular flexibility index (Phi) is 4.98. The lowest BCUT2D eigenvalue weighted by Crippen LogP contribution is -2.24. The molecule has 1 amide bonds. The molecule has 2 aromatic rings. The summed E-state index contributed by atoms with van der Waals surface area (Å²) in [6.45, 7) is 3.89. The quantitative estimate of drug-likeness (QED) is 0.694. The molecule has 0 unspecified atom stereocenters. The van der Waals surface area contributed by atoms with Gasteiger partial charge >= 0.3 is 0 Å². The van der Waals surface area contributed by atoms with Gasteiger partial charge in [-0.1, -0.05) is 29.3 Å². The van der Waals surface area contributed by atoms with Gasteiger partial charge in [0.2, 0.25) is 0 Å². The number of halogens is 2. The van der Waals surface area contributed by atoms with Crippen LogP contribution in [0.25, 0.3) is 0 Å². The lowest BCUT2D eigenvalue weighted by atomic mass is 10.2. The first-order valence-corrected chi connectivity index (χ1v) is 6.99. The van der Waals surface area contributed by atoms with E-state index >= 15 is 0 Å². The van der Waals surface area contributed by atoms with E-state index in [-0.39, 0.29) is 12.5 Å². The molecule has 0 spiro atoms. The Morgan fingerprint density at radius 3 is 2.76 bits per heavy atom. The van der Waals surface area contributed by atoms with Gasteiger partial charge in [0.15, 0.2) is 0 Å². The van der Waals surface area contributed by atoms with Gasteiger partial charge in [0.05, 0.1) is 16.9 Å². The first-order chi connectivity index (χ1) is 9.95. The zero-order valence-corrected chi connectivity index (χ0v) is 13.1. The van der Waals surface area contributed by atoms with Gasteiger partial charge in [0, 0.05) is 16.3 Å². The number of aromatic nitrogens is 2. The highest BCUT2D eigenvalue weighted by molar-refractivity contribution is 6.36. The Labute approximate surface area is 132 Å². The minimum Gasteiger partial charge on any atom is -0.271 e. The van der Waals surface area contributed by atoms with E-state index in [0.29, 0.717) is 15.6 Å². The van der Waals surface area contributed by atoms with Gasteiger partial charge < -0.3 is 0 Å². The molecular weight excluding hydrogens is 311 g/mol. The van der Waals surface area contributed by atoms with Gasteiger partial charge in [0.25, 0.3) is 5.91 Å². The van der Waals surface area contributed by atoms with Gasteiger partial charge in [-0.25, -0.2) is 5.43 Å². The summed E-state index contributed by atoms with van der Waals surface area (Å²) in [5, 5.41) is 9.10. The monoisotopic (exact) mass is 324 g/mol. The molecule has 2 rings (SSSR count). The smallest absolute Gasteiger partial charge is 0.261 e. The largest absolute Gasteiger partial charge is 0.271 e.